The molecule has 1 aliphatic rings. The van der Waals surface area contributed by atoms with Gasteiger partial charge in [-0.25, -0.2) is 4.39 Å². The summed E-state index contributed by atoms with van der Waals surface area (Å²) in [6.45, 7) is 0. The molecule has 1 N–H and O–H groups in total. The summed E-state index contributed by atoms with van der Waals surface area (Å²) in [4.78, 5) is 6.51. The second-order valence-corrected chi connectivity index (χ2v) is 9.29. The second-order valence-electron chi connectivity index (χ2n) is 7.64. The number of furan rings is 1. The van der Waals surface area contributed by atoms with Crippen molar-refractivity contribution in [1.82, 2.24) is 10.3 Å². The average Bonchev–Trinajstić information content (AvgIpc) is 3.44. The van der Waals surface area contributed by atoms with E-state index in [0.717, 1.165) is 16.9 Å². The van der Waals surface area contributed by atoms with Crippen LogP contribution in [0.5, 0.6) is 5.75 Å². The van der Waals surface area contributed by atoms with E-state index in [-0.39, 0.29) is 17.9 Å². The van der Waals surface area contributed by atoms with Gasteiger partial charge in [0.15, 0.2) is 5.11 Å². The van der Waals surface area contributed by atoms with Crippen LogP contribution >= 0.6 is 39.7 Å². The topological polar surface area (TPSA) is 50.5 Å². The van der Waals surface area contributed by atoms with Crippen molar-refractivity contribution >= 4 is 50.5 Å². The Kier molecular flexibility index (Phi) is 6.29. The Hall–Kier alpha value is -2.94. The minimum Gasteiger partial charge on any atom is -0.495 e. The highest BCUT2D eigenvalue weighted by molar-refractivity contribution is 9.10. The number of nitrogens with one attached hydrogen (secondary N) is 1. The van der Waals surface area contributed by atoms with E-state index in [1.165, 1.54) is 12.1 Å². The zero-order valence-corrected chi connectivity index (χ0v) is 21.0. The number of aromatic nitrogens is 1. The summed E-state index contributed by atoms with van der Waals surface area (Å²) in [6.07, 6.45) is 1.74. The van der Waals surface area contributed by atoms with E-state index in [4.69, 9.17) is 33.0 Å². The Balaban J connectivity index is 1.61. The molecule has 172 valence electrons. The van der Waals surface area contributed by atoms with Crippen molar-refractivity contribution in [2.75, 3.05) is 12.0 Å². The SMILES string of the molecule is COc1ccc(N2C(=S)NC(c3ccccn3)C2c2ccc(-c3ccc(F)cc3Br)o2)cc1Cl. The van der Waals surface area contributed by atoms with Crippen LogP contribution in [-0.2, 0) is 0 Å². The summed E-state index contributed by atoms with van der Waals surface area (Å²) >= 11 is 15.6. The summed E-state index contributed by atoms with van der Waals surface area (Å²) in [6, 6.07) is 18.9. The zero-order chi connectivity index (χ0) is 23.8. The van der Waals surface area contributed by atoms with Gasteiger partial charge in [0, 0.05) is 21.9 Å². The summed E-state index contributed by atoms with van der Waals surface area (Å²) in [5.74, 6) is 1.52. The Morgan fingerprint density at radius 2 is 2.00 bits per heavy atom. The van der Waals surface area contributed by atoms with Crippen LogP contribution in [0.4, 0.5) is 10.1 Å². The molecule has 3 heterocycles. The molecule has 5 rings (SSSR count). The van der Waals surface area contributed by atoms with Crippen LogP contribution in [0.25, 0.3) is 11.3 Å². The van der Waals surface area contributed by atoms with Gasteiger partial charge in [0.25, 0.3) is 0 Å². The minimum atomic E-state index is -0.347. The number of benzene rings is 2. The molecular formula is C25H18BrClFN3O2S. The molecule has 4 aromatic rings. The highest BCUT2D eigenvalue weighted by Gasteiger charge is 2.42. The number of hydrogen-bond acceptors (Lipinski definition) is 4. The lowest BCUT2D eigenvalue weighted by molar-refractivity contribution is 0.415. The number of thiocarbonyl (C=S) groups is 1. The molecule has 9 heteroatoms. The largest absolute Gasteiger partial charge is 0.495 e. The van der Waals surface area contributed by atoms with Gasteiger partial charge in [0.2, 0.25) is 0 Å². The molecule has 0 spiro atoms. The maximum Gasteiger partial charge on any atom is 0.174 e. The lowest BCUT2D eigenvalue weighted by Gasteiger charge is -2.26. The summed E-state index contributed by atoms with van der Waals surface area (Å²) in [5.41, 5.74) is 2.35. The van der Waals surface area contributed by atoms with Crippen LogP contribution in [0.1, 0.15) is 23.5 Å². The molecule has 5 nitrogen and oxygen atoms in total. The minimum absolute atomic E-state index is 0.273. The molecule has 0 aliphatic carbocycles. The predicted molar refractivity (Wildman–Crippen MR) is 138 cm³/mol. The summed E-state index contributed by atoms with van der Waals surface area (Å²) in [5, 5.41) is 4.37. The molecule has 1 saturated heterocycles. The van der Waals surface area contributed by atoms with Gasteiger partial charge >= 0.3 is 0 Å². The van der Waals surface area contributed by atoms with Gasteiger partial charge in [-0.05, 0) is 88.8 Å². The molecular weight excluding hydrogens is 541 g/mol. The third-order valence-electron chi connectivity index (χ3n) is 5.63. The number of ether oxygens (including phenoxy) is 1. The molecule has 1 aliphatic heterocycles. The maximum absolute atomic E-state index is 13.6. The fourth-order valence-corrected chi connectivity index (χ4v) is 5.22. The Labute approximate surface area is 214 Å². The van der Waals surface area contributed by atoms with Crippen molar-refractivity contribution in [3.05, 3.63) is 99.7 Å². The van der Waals surface area contributed by atoms with Crippen LogP contribution in [0, 0.1) is 5.82 Å². The lowest BCUT2D eigenvalue weighted by atomic mass is 10.0. The quantitative estimate of drug-likeness (QED) is 0.264. The van der Waals surface area contributed by atoms with E-state index in [0.29, 0.717) is 31.9 Å². The molecule has 2 atom stereocenters. The molecule has 2 unspecified atom stereocenters. The smallest absolute Gasteiger partial charge is 0.174 e. The van der Waals surface area contributed by atoms with E-state index in [1.807, 2.05) is 47.4 Å². The number of halogens is 3. The van der Waals surface area contributed by atoms with Crippen LogP contribution in [-0.4, -0.2) is 17.2 Å². The highest BCUT2D eigenvalue weighted by atomic mass is 79.9. The van der Waals surface area contributed by atoms with E-state index in [1.54, 1.807) is 25.4 Å². The van der Waals surface area contributed by atoms with Crippen LogP contribution < -0.4 is 15.0 Å². The van der Waals surface area contributed by atoms with Crippen LogP contribution in [0.15, 0.2) is 81.8 Å². The molecule has 0 radical (unpaired) electrons. The number of rotatable bonds is 5. The van der Waals surface area contributed by atoms with Gasteiger partial charge in [-0.2, -0.15) is 0 Å². The molecule has 2 aromatic heterocycles. The first kappa shape index (κ1) is 22.8. The molecule has 2 aromatic carbocycles. The summed E-state index contributed by atoms with van der Waals surface area (Å²) < 4.78 is 25.8. The van der Waals surface area contributed by atoms with E-state index < -0.39 is 0 Å². The third kappa shape index (κ3) is 4.17. The van der Waals surface area contributed by atoms with Crippen molar-refractivity contribution in [1.29, 1.82) is 0 Å². The van der Waals surface area contributed by atoms with Crippen molar-refractivity contribution < 1.29 is 13.5 Å². The van der Waals surface area contributed by atoms with Gasteiger partial charge in [0.05, 0.1) is 23.9 Å². The lowest BCUT2D eigenvalue weighted by Crippen LogP contribution is -2.29. The van der Waals surface area contributed by atoms with Crippen molar-refractivity contribution in [3.8, 4) is 17.1 Å². The summed E-state index contributed by atoms with van der Waals surface area (Å²) in [7, 11) is 1.57. The highest BCUT2D eigenvalue weighted by Crippen LogP contribution is 2.44. The molecule has 1 fully saturated rings. The molecule has 0 saturated carbocycles. The second kappa shape index (κ2) is 9.37. The third-order valence-corrected chi connectivity index (χ3v) is 6.89. The molecule has 0 amide bonds. The van der Waals surface area contributed by atoms with Crippen LogP contribution in [0.3, 0.4) is 0 Å². The first-order valence-electron chi connectivity index (χ1n) is 10.4. The van der Waals surface area contributed by atoms with Crippen molar-refractivity contribution in [2.24, 2.45) is 0 Å². The standard InChI is InChI=1S/C25H18BrClFN3O2S/c1-32-21-8-6-15(13-18(21)27)31-24(23(30-25(31)34)19-4-2-3-11-29-19)22-10-9-20(33-22)16-7-5-14(28)12-17(16)26/h2-13,23-24H,1H3,(H,30,34). The first-order chi connectivity index (χ1) is 16.5. The number of nitrogens with zero attached hydrogens (tertiary/aromatic N) is 2. The average molecular weight is 559 g/mol. The number of hydrogen-bond donors (Lipinski definition) is 1. The van der Waals surface area contributed by atoms with Crippen LogP contribution in [0.2, 0.25) is 5.02 Å². The normalized spacial score (nSPS) is 17.6. The Bertz CT molecular complexity index is 1370. The van der Waals surface area contributed by atoms with Crippen molar-refractivity contribution in [3.63, 3.8) is 0 Å². The van der Waals surface area contributed by atoms with Gasteiger partial charge in [-0.3, -0.25) is 4.98 Å². The molecule has 34 heavy (non-hydrogen) atoms. The first-order valence-corrected chi connectivity index (χ1v) is 11.9. The van der Waals surface area contributed by atoms with Gasteiger partial charge < -0.3 is 19.4 Å². The molecule has 0 bridgehead atoms. The van der Waals surface area contributed by atoms with E-state index >= 15 is 0 Å². The zero-order valence-electron chi connectivity index (χ0n) is 17.8. The maximum atomic E-state index is 13.6. The monoisotopic (exact) mass is 557 g/mol. The Morgan fingerprint density at radius 3 is 2.71 bits per heavy atom. The van der Waals surface area contributed by atoms with Gasteiger partial charge in [-0.15, -0.1) is 0 Å². The van der Waals surface area contributed by atoms with Gasteiger partial charge in [-0.1, -0.05) is 17.7 Å². The van der Waals surface area contributed by atoms with E-state index in [2.05, 4.69) is 26.2 Å². The van der Waals surface area contributed by atoms with Crippen molar-refractivity contribution in [2.45, 2.75) is 12.1 Å². The fraction of sp³-hybridized carbons (Fsp3) is 0.120. The fourth-order valence-electron chi connectivity index (χ4n) is 4.07. The number of methoxy groups -OCH3 is 1. The number of anilines is 1. The van der Waals surface area contributed by atoms with Gasteiger partial charge in [0.1, 0.15) is 29.1 Å². The predicted octanol–water partition coefficient (Wildman–Crippen LogP) is 7.08. The van der Waals surface area contributed by atoms with E-state index in [9.17, 15) is 4.39 Å². The Morgan fingerprint density at radius 1 is 1.15 bits per heavy atom. The number of pyridine rings is 1.